The van der Waals surface area contributed by atoms with Crippen LogP contribution < -0.4 is 4.90 Å². The largest absolute Gasteiger partial charge is 0.311 e. The molecule has 1 aliphatic rings. The number of hydrogen-bond acceptors (Lipinski definition) is 1. The summed E-state index contributed by atoms with van der Waals surface area (Å²) in [6.45, 7) is 0. The standard InChI is InChI=1S/C77H51N/c1-3-21-60(22-4-1)77(61-23-5-2-6-24-61)75-32-14-13-30-72(75)73-48-40-58(51-76(73)77)54-37-45-64(46-38-54)78(62-41-33-52(34-42-62)56-19-15-20-59(49-56)66-31-16-18-55-17-7-8-25-65(55)66)63-43-35-53(36-44-63)57-39-47-71-69-28-10-9-26-67(69)68-27-11-12-29-70(68)74(71)50-57/h1-51H. The normalized spacial score (nSPS) is 12.5. The summed E-state index contributed by atoms with van der Waals surface area (Å²) in [5, 5.41) is 10.2. The van der Waals surface area contributed by atoms with Gasteiger partial charge < -0.3 is 4.90 Å². The Balaban J connectivity index is 0.823. The summed E-state index contributed by atoms with van der Waals surface area (Å²) in [5.41, 5.74) is 20.0. The second-order valence-electron chi connectivity index (χ2n) is 20.7. The van der Waals surface area contributed by atoms with E-state index in [0.29, 0.717) is 0 Å². The predicted octanol–water partition coefficient (Wildman–Crippen LogP) is 20.8. The molecular weight excluding hydrogens is 939 g/mol. The topological polar surface area (TPSA) is 3.24 Å². The molecule has 78 heavy (non-hydrogen) atoms. The maximum absolute atomic E-state index is 2.45. The van der Waals surface area contributed by atoms with E-state index in [-0.39, 0.29) is 0 Å². The fourth-order valence-corrected chi connectivity index (χ4v) is 12.9. The first-order valence-electron chi connectivity index (χ1n) is 27.1. The van der Waals surface area contributed by atoms with Gasteiger partial charge in [0.15, 0.2) is 0 Å². The van der Waals surface area contributed by atoms with Gasteiger partial charge in [-0.25, -0.2) is 0 Å². The molecule has 0 saturated carbocycles. The van der Waals surface area contributed by atoms with Gasteiger partial charge in [0.1, 0.15) is 0 Å². The number of hydrogen-bond donors (Lipinski definition) is 0. The molecule has 0 bridgehead atoms. The molecule has 364 valence electrons. The zero-order valence-electron chi connectivity index (χ0n) is 42.9. The van der Waals surface area contributed by atoms with Crippen molar-refractivity contribution in [2.24, 2.45) is 0 Å². The van der Waals surface area contributed by atoms with E-state index in [2.05, 4.69) is 314 Å². The van der Waals surface area contributed by atoms with Gasteiger partial charge in [0.25, 0.3) is 0 Å². The molecule has 14 aromatic rings. The van der Waals surface area contributed by atoms with Gasteiger partial charge in [-0.1, -0.05) is 255 Å². The molecule has 1 nitrogen and oxygen atoms in total. The molecule has 15 rings (SSSR count). The smallest absolute Gasteiger partial charge is 0.0713 e. The molecule has 0 radical (unpaired) electrons. The molecule has 0 fully saturated rings. The van der Waals surface area contributed by atoms with E-state index in [0.717, 1.165) is 17.1 Å². The van der Waals surface area contributed by atoms with Crippen molar-refractivity contribution >= 4 is 60.2 Å². The fraction of sp³-hybridized carbons (Fsp3) is 0.0130. The highest BCUT2D eigenvalue weighted by Gasteiger charge is 2.46. The lowest BCUT2D eigenvalue weighted by Gasteiger charge is -2.34. The van der Waals surface area contributed by atoms with E-state index in [1.54, 1.807) is 0 Å². The van der Waals surface area contributed by atoms with Crippen LogP contribution in [0.2, 0.25) is 0 Å². The van der Waals surface area contributed by atoms with Crippen molar-refractivity contribution in [2.75, 3.05) is 4.90 Å². The first kappa shape index (κ1) is 45.3. The van der Waals surface area contributed by atoms with Gasteiger partial charge in [-0.2, -0.15) is 0 Å². The summed E-state index contributed by atoms with van der Waals surface area (Å²) in [6, 6.07) is 114. The monoisotopic (exact) mass is 989 g/mol. The van der Waals surface area contributed by atoms with Gasteiger partial charge in [0.2, 0.25) is 0 Å². The van der Waals surface area contributed by atoms with Crippen LogP contribution in [-0.2, 0) is 5.41 Å². The van der Waals surface area contributed by atoms with Gasteiger partial charge in [-0.15, -0.1) is 0 Å². The van der Waals surface area contributed by atoms with Crippen molar-refractivity contribution in [2.45, 2.75) is 5.41 Å². The molecule has 0 aromatic heterocycles. The molecular formula is C77H51N. The Morgan fingerprint density at radius 1 is 0.205 bits per heavy atom. The lowest BCUT2D eigenvalue weighted by atomic mass is 9.67. The van der Waals surface area contributed by atoms with Gasteiger partial charge in [0, 0.05) is 17.1 Å². The van der Waals surface area contributed by atoms with E-state index in [1.807, 2.05) is 0 Å². The maximum atomic E-state index is 2.45. The molecule has 14 aromatic carbocycles. The van der Waals surface area contributed by atoms with Gasteiger partial charge >= 0.3 is 0 Å². The third-order valence-corrected chi connectivity index (χ3v) is 16.5. The second kappa shape index (κ2) is 18.6. The third-order valence-electron chi connectivity index (χ3n) is 16.5. The van der Waals surface area contributed by atoms with Gasteiger partial charge in [0.05, 0.1) is 5.41 Å². The van der Waals surface area contributed by atoms with Crippen molar-refractivity contribution < 1.29 is 0 Å². The van der Waals surface area contributed by atoms with Crippen LogP contribution in [-0.4, -0.2) is 0 Å². The molecule has 0 unspecified atom stereocenters. The molecule has 0 aliphatic heterocycles. The van der Waals surface area contributed by atoms with Gasteiger partial charge in [-0.3, -0.25) is 0 Å². The quantitative estimate of drug-likeness (QED) is 0.130. The predicted molar refractivity (Wildman–Crippen MR) is 330 cm³/mol. The van der Waals surface area contributed by atoms with Crippen LogP contribution in [0.5, 0.6) is 0 Å². The number of rotatable bonds is 9. The summed E-state index contributed by atoms with van der Waals surface area (Å²) in [6.07, 6.45) is 0. The Morgan fingerprint density at radius 2 is 0.603 bits per heavy atom. The fourth-order valence-electron chi connectivity index (χ4n) is 12.9. The van der Waals surface area contributed by atoms with Crippen LogP contribution in [0.4, 0.5) is 17.1 Å². The summed E-state index contributed by atoms with van der Waals surface area (Å²) in [4.78, 5) is 2.39. The Morgan fingerprint density at radius 3 is 1.21 bits per heavy atom. The molecule has 1 heteroatoms. The van der Waals surface area contributed by atoms with Crippen molar-refractivity contribution in [1.29, 1.82) is 0 Å². The van der Waals surface area contributed by atoms with Crippen LogP contribution in [0.25, 0.3) is 98.7 Å². The SMILES string of the molecule is c1ccc(C2(c3ccccc3)c3ccccc3-c3ccc(-c4ccc(N(c5ccc(-c6cccc(-c7cccc8ccccc78)c6)cc5)c5ccc(-c6ccc7c8ccccc8c8ccccc8c7c6)cc5)cc4)cc32)cc1. The van der Waals surface area contributed by atoms with E-state index in [4.69, 9.17) is 0 Å². The lowest BCUT2D eigenvalue weighted by Crippen LogP contribution is -2.28. The van der Waals surface area contributed by atoms with E-state index in [1.165, 1.54) is 121 Å². The summed E-state index contributed by atoms with van der Waals surface area (Å²) < 4.78 is 0. The zero-order chi connectivity index (χ0) is 51.6. The number of anilines is 3. The average molecular weight is 990 g/mol. The van der Waals surface area contributed by atoms with Crippen molar-refractivity contribution in [3.8, 4) is 55.6 Å². The van der Waals surface area contributed by atoms with Crippen molar-refractivity contribution in [1.82, 2.24) is 0 Å². The molecule has 0 spiro atoms. The second-order valence-corrected chi connectivity index (χ2v) is 20.7. The van der Waals surface area contributed by atoms with Crippen molar-refractivity contribution in [3.05, 3.63) is 332 Å². The summed E-state index contributed by atoms with van der Waals surface area (Å²) in [7, 11) is 0. The molecule has 0 atom stereocenters. The van der Waals surface area contributed by atoms with Crippen LogP contribution in [0.3, 0.4) is 0 Å². The number of fused-ring (bicyclic) bond motifs is 10. The molecule has 0 amide bonds. The highest BCUT2D eigenvalue weighted by Crippen LogP contribution is 2.57. The summed E-state index contributed by atoms with van der Waals surface area (Å²) in [5.74, 6) is 0. The molecule has 1 aliphatic carbocycles. The Kier molecular flexibility index (Phi) is 10.8. The van der Waals surface area contributed by atoms with Crippen LogP contribution >= 0.6 is 0 Å². The minimum Gasteiger partial charge on any atom is -0.311 e. The minimum absolute atomic E-state index is 0.466. The Hall–Kier alpha value is -10.1. The Bertz CT molecular complexity index is 4500. The Labute approximate surface area is 455 Å². The minimum atomic E-state index is -0.466. The van der Waals surface area contributed by atoms with Crippen LogP contribution in [0.15, 0.2) is 309 Å². The zero-order valence-corrected chi connectivity index (χ0v) is 42.9. The molecule has 0 saturated heterocycles. The highest BCUT2D eigenvalue weighted by atomic mass is 15.1. The van der Waals surface area contributed by atoms with Gasteiger partial charge in [-0.05, 0) is 176 Å². The van der Waals surface area contributed by atoms with E-state index >= 15 is 0 Å². The van der Waals surface area contributed by atoms with Crippen LogP contribution in [0.1, 0.15) is 22.3 Å². The molecule has 0 N–H and O–H groups in total. The molecule has 0 heterocycles. The average Bonchev–Trinajstić information content (AvgIpc) is 4.08. The van der Waals surface area contributed by atoms with Crippen molar-refractivity contribution in [3.63, 3.8) is 0 Å². The first-order chi connectivity index (χ1) is 38.7. The highest BCUT2D eigenvalue weighted by molar-refractivity contribution is 6.25. The lowest BCUT2D eigenvalue weighted by molar-refractivity contribution is 0.769. The third kappa shape index (κ3) is 7.39. The van der Waals surface area contributed by atoms with E-state index < -0.39 is 5.41 Å². The van der Waals surface area contributed by atoms with E-state index in [9.17, 15) is 0 Å². The number of nitrogens with zero attached hydrogens (tertiary/aromatic N) is 1. The summed E-state index contributed by atoms with van der Waals surface area (Å²) >= 11 is 0. The first-order valence-corrected chi connectivity index (χ1v) is 27.1. The number of benzene rings is 14. The van der Waals surface area contributed by atoms with Crippen LogP contribution in [0, 0.1) is 0 Å². The maximum Gasteiger partial charge on any atom is 0.0713 e.